The van der Waals surface area contributed by atoms with E-state index in [-0.39, 0.29) is 23.7 Å². The maximum atomic E-state index is 11.1. The summed E-state index contributed by atoms with van der Waals surface area (Å²) in [4.78, 5) is 20.4. The monoisotopic (exact) mass is 473 g/mol. The van der Waals surface area contributed by atoms with Crippen molar-refractivity contribution in [3.05, 3.63) is 51.3 Å². The van der Waals surface area contributed by atoms with E-state index >= 15 is 0 Å². The number of nitrogens with zero attached hydrogens (tertiary/aromatic N) is 2. The molecule has 1 aromatic carbocycles. The highest BCUT2D eigenvalue weighted by molar-refractivity contribution is 5.65. The van der Waals surface area contributed by atoms with Crippen LogP contribution in [0, 0.1) is 20.2 Å². The predicted molar refractivity (Wildman–Crippen MR) is 118 cm³/mol. The third kappa shape index (κ3) is 14.0. The molecule has 13 heteroatoms. The molecule has 186 valence electrons. The molecular formula is C20H31N3O10. The summed E-state index contributed by atoms with van der Waals surface area (Å²) >= 11 is 0. The lowest BCUT2D eigenvalue weighted by Gasteiger charge is -2.09. The highest BCUT2D eigenvalue weighted by Crippen LogP contribution is 2.28. The maximum Gasteiger partial charge on any atom is 0.299 e. The second-order valence-electron chi connectivity index (χ2n) is 6.24. The largest absolute Gasteiger partial charge is 0.499 e. The summed E-state index contributed by atoms with van der Waals surface area (Å²) in [5, 5.41) is 24.6. The van der Waals surface area contributed by atoms with E-state index in [1.807, 2.05) is 0 Å². The van der Waals surface area contributed by atoms with Crippen molar-refractivity contribution in [2.75, 3.05) is 84.5 Å². The van der Waals surface area contributed by atoms with Crippen LogP contribution >= 0.6 is 0 Å². The Labute approximate surface area is 191 Å². The highest BCUT2D eigenvalue weighted by Gasteiger charge is 2.18. The Morgan fingerprint density at radius 3 is 1.70 bits per heavy atom. The van der Waals surface area contributed by atoms with E-state index in [2.05, 4.69) is 11.9 Å². The van der Waals surface area contributed by atoms with Gasteiger partial charge in [-0.25, -0.2) is 0 Å². The number of ether oxygens (including phenoxy) is 6. The molecule has 0 saturated heterocycles. The first-order chi connectivity index (χ1) is 16.1. The van der Waals surface area contributed by atoms with E-state index < -0.39 is 9.85 Å². The Kier molecular flexibility index (Phi) is 16.0. The molecule has 0 amide bonds. The SMILES string of the molecule is C=COCCOCCOCCOCCOCCOCCNc1ccc([N+](=O)[O-])cc1[N+](=O)[O-]. The number of benzene rings is 1. The average Bonchev–Trinajstić information content (AvgIpc) is 2.80. The lowest BCUT2D eigenvalue weighted by atomic mass is 10.2. The molecule has 33 heavy (non-hydrogen) atoms. The van der Waals surface area contributed by atoms with E-state index in [0.29, 0.717) is 72.6 Å². The van der Waals surface area contributed by atoms with Crippen molar-refractivity contribution < 1.29 is 38.3 Å². The van der Waals surface area contributed by atoms with E-state index in [1.54, 1.807) is 0 Å². The minimum absolute atomic E-state index is 0.192. The molecule has 1 aromatic rings. The number of non-ortho nitro benzene ring substituents is 1. The first kappa shape index (κ1) is 28.2. The van der Waals surface area contributed by atoms with Crippen molar-refractivity contribution in [1.82, 2.24) is 0 Å². The summed E-state index contributed by atoms with van der Waals surface area (Å²) in [5.41, 5.74) is -0.508. The quantitative estimate of drug-likeness (QED) is 0.114. The van der Waals surface area contributed by atoms with Crippen molar-refractivity contribution >= 4 is 17.1 Å². The Bertz CT molecular complexity index is 705. The fourth-order valence-corrected chi connectivity index (χ4v) is 2.36. The summed E-state index contributed by atoms with van der Waals surface area (Å²) in [7, 11) is 0. The molecular weight excluding hydrogens is 442 g/mol. The van der Waals surface area contributed by atoms with Crippen LogP contribution in [-0.2, 0) is 28.4 Å². The molecule has 0 saturated carbocycles. The van der Waals surface area contributed by atoms with Crippen LogP contribution in [0.2, 0.25) is 0 Å². The van der Waals surface area contributed by atoms with Gasteiger partial charge in [-0.15, -0.1) is 0 Å². The van der Waals surface area contributed by atoms with Crippen molar-refractivity contribution in [3.8, 4) is 0 Å². The molecule has 0 atom stereocenters. The molecule has 13 nitrogen and oxygen atoms in total. The van der Waals surface area contributed by atoms with Crippen molar-refractivity contribution in [1.29, 1.82) is 0 Å². The van der Waals surface area contributed by atoms with Gasteiger partial charge in [0.25, 0.3) is 11.4 Å². The van der Waals surface area contributed by atoms with Gasteiger partial charge in [-0.3, -0.25) is 20.2 Å². The van der Waals surface area contributed by atoms with Gasteiger partial charge in [0.1, 0.15) is 12.3 Å². The van der Waals surface area contributed by atoms with Crippen LogP contribution in [-0.4, -0.2) is 89.1 Å². The predicted octanol–water partition coefficient (Wildman–Crippen LogP) is 2.16. The van der Waals surface area contributed by atoms with E-state index in [9.17, 15) is 20.2 Å². The molecule has 0 spiro atoms. The molecule has 0 aliphatic heterocycles. The number of hydrogen-bond donors (Lipinski definition) is 1. The Morgan fingerprint density at radius 2 is 1.24 bits per heavy atom. The summed E-state index contributed by atoms with van der Waals surface area (Å²) in [6.07, 6.45) is 1.37. The standard InChI is InChI=1S/C20H31N3O10/c1-2-28-7-8-30-11-12-32-15-16-33-14-13-31-10-9-29-6-5-21-19-4-3-18(22(24)25)17-20(19)23(26)27/h2-4,17,21H,1,5-16H2. The van der Waals surface area contributed by atoms with Gasteiger partial charge in [0, 0.05) is 12.6 Å². The molecule has 0 aliphatic rings. The molecule has 0 radical (unpaired) electrons. The third-order valence-corrected chi connectivity index (χ3v) is 3.90. The number of anilines is 1. The molecule has 0 bridgehead atoms. The minimum atomic E-state index is -0.681. The van der Waals surface area contributed by atoms with Crippen LogP contribution < -0.4 is 5.32 Å². The summed E-state index contributed by atoms with van der Waals surface area (Å²) in [5.74, 6) is 0. The number of nitrogens with one attached hydrogen (secondary N) is 1. The van der Waals surface area contributed by atoms with Gasteiger partial charge in [-0.05, 0) is 6.07 Å². The van der Waals surface area contributed by atoms with Gasteiger partial charge >= 0.3 is 0 Å². The first-order valence-corrected chi connectivity index (χ1v) is 10.3. The normalized spacial score (nSPS) is 10.7. The second kappa shape index (κ2) is 18.7. The molecule has 1 rings (SSSR count). The van der Waals surface area contributed by atoms with Crippen LogP contribution in [0.1, 0.15) is 0 Å². The van der Waals surface area contributed by atoms with E-state index in [1.165, 1.54) is 18.4 Å². The van der Waals surface area contributed by atoms with Crippen LogP contribution in [0.4, 0.5) is 17.1 Å². The van der Waals surface area contributed by atoms with Crippen molar-refractivity contribution in [3.63, 3.8) is 0 Å². The first-order valence-electron chi connectivity index (χ1n) is 10.3. The summed E-state index contributed by atoms with van der Waals surface area (Å²) in [6, 6.07) is 3.43. The van der Waals surface area contributed by atoms with Crippen LogP contribution in [0.3, 0.4) is 0 Å². The van der Waals surface area contributed by atoms with Crippen molar-refractivity contribution in [2.24, 2.45) is 0 Å². The van der Waals surface area contributed by atoms with Gasteiger partial charge in [0.15, 0.2) is 0 Å². The Balaban J connectivity index is 1.92. The summed E-state index contributed by atoms with van der Waals surface area (Å²) < 4.78 is 31.7. The maximum absolute atomic E-state index is 11.1. The molecule has 0 fully saturated rings. The lowest BCUT2D eigenvalue weighted by Crippen LogP contribution is -2.15. The molecule has 0 aliphatic carbocycles. The van der Waals surface area contributed by atoms with Gasteiger partial charge in [-0.1, -0.05) is 6.58 Å². The minimum Gasteiger partial charge on any atom is -0.499 e. The molecule has 1 N–H and O–H groups in total. The third-order valence-electron chi connectivity index (χ3n) is 3.90. The number of rotatable bonds is 22. The Hall–Kier alpha value is -2.84. The van der Waals surface area contributed by atoms with Gasteiger partial charge in [-0.2, -0.15) is 0 Å². The molecule has 0 aromatic heterocycles. The van der Waals surface area contributed by atoms with Crippen molar-refractivity contribution in [2.45, 2.75) is 0 Å². The zero-order chi connectivity index (χ0) is 24.2. The number of hydrogen-bond acceptors (Lipinski definition) is 11. The zero-order valence-corrected chi connectivity index (χ0v) is 18.5. The Morgan fingerprint density at radius 1 is 0.758 bits per heavy atom. The molecule has 0 unspecified atom stereocenters. The van der Waals surface area contributed by atoms with Gasteiger partial charge in [0.05, 0.1) is 88.2 Å². The number of nitro groups is 2. The topological polar surface area (TPSA) is 154 Å². The fourth-order valence-electron chi connectivity index (χ4n) is 2.36. The summed E-state index contributed by atoms with van der Waals surface area (Å²) in [6.45, 7) is 8.47. The van der Waals surface area contributed by atoms with E-state index in [0.717, 1.165) is 6.07 Å². The zero-order valence-electron chi connectivity index (χ0n) is 18.5. The fraction of sp³-hybridized carbons (Fsp3) is 0.600. The van der Waals surface area contributed by atoms with Gasteiger partial charge in [0.2, 0.25) is 0 Å². The van der Waals surface area contributed by atoms with Gasteiger partial charge < -0.3 is 33.7 Å². The van der Waals surface area contributed by atoms with Crippen LogP contribution in [0.15, 0.2) is 31.0 Å². The number of nitro benzene ring substituents is 2. The van der Waals surface area contributed by atoms with E-state index in [4.69, 9.17) is 28.4 Å². The van der Waals surface area contributed by atoms with Crippen LogP contribution in [0.5, 0.6) is 0 Å². The second-order valence-corrected chi connectivity index (χ2v) is 6.24. The smallest absolute Gasteiger partial charge is 0.299 e. The highest BCUT2D eigenvalue weighted by atomic mass is 16.6. The molecule has 0 heterocycles. The average molecular weight is 473 g/mol. The van der Waals surface area contributed by atoms with Crippen LogP contribution in [0.25, 0.3) is 0 Å². The lowest BCUT2D eigenvalue weighted by molar-refractivity contribution is -0.393.